The molecule has 0 saturated carbocycles. The van der Waals surface area contributed by atoms with Crippen LogP contribution in [0.5, 0.6) is 0 Å². The molecular formula is C14H11Cl3N2O2. The van der Waals surface area contributed by atoms with E-state index < -0.39 is 12.0 Å². The lowest BCUT2D eigenvalue weighted by Crippen LogP contribution is -2.28. The molecule has 0 aliphatic heterocycles. The van der Waals surface area contributed by atoms with Gasteiger partial charge in [0.15, 0.2) is 6.10 Å². The topological polar surface area (TPSA) is 62.2 Å². The minimum Gasteiger partial charge on any atom is -0.378 e. The summed E-state index contributed by atoms with van der Waals surface area (Å²) in [6, 6.07) is 7.86. The Kier molecular flexibility index (Phi) is 5.42. The van der Waals surface area contributed by atoms with Gasteiger partial charge in [0, 0.05) is 22.8 Å². The van der Waals surface area contributed by atoms with Gasteiger partial charge in [-0.3, -0.25) is 4.79 Å². The molecule has 0 aliphatic rings. The van der Waals surface area contributed by atoms with Crippen LogP contribution in [0.1, 0.15) is 17.2 Å². The standard InChI is InChI=1S/C14H11Cl3N2O2/c15-10-3-9(4-11(16)5-10)13(20)14(21)19-7-8-1-2-12(17)18-6-8/h1-6,13,20H,7H2,(H,19,21). The summed E-state index contributed by atoms with van der Waals surface area (Å²) in [6.07, 6.45) is 0.201. The van der Waals surface area contributed by atoms with Crippen LogP contribution in [0.3, 0.4) is 0 Å². The van der Waals surface area contributed by atoms with E-state index in [0.29, 0.717) is 20.8 Å². The number of rotatable bonds is 4. The Morgan fingerprint density at radius 2 is 1.86 bits per heavy atom. The predicted molar refractivity (Wildman–Crippen MR) is 82.5 cm³/mol. The van der Waals surface area contributed by atoms with Gasteiger partial charge in [-0.2, -0.15) is 0 Å². The molecule has 1 atom stereocenters. The fraction of sp³-hybridized carbons (Fsp3) is 0.143. The summed E-state index contributed by atoms with van der Waals surface area (Å²) in [5.41, 5.74) is 1.10. The van der Waals surface area contributed by atoms with Crippen molar-refractivity contribution in [3.8, 4) is 0 Å². The average molecular weight is 346 g/mol. The van der Waals surface area contributed by atoms with Crippen LogP contribution in [0, 0.1) is 0 Å². The summed E-state index contributed by atoms with van der Waals surface area (Å²) in [6.45, 7) is 0.231. The molecule has 1 aromatic carbocycles. The number of hydrogen-bond donors (Lipinski definition) is 2. The Balaban J connectivity index is 2.00. The van der Waals surface area contributed by atoms with Crippen molar-refractivity contribution in [2.45, 2.75) is 12.6 Å². The van der Waals surface area contributed by atoms with E-state index in [4.69, 9.17) is 34.8 Å². The third kappa shape index (κ3) is 4.58. The van der Waals surface area contributed by atoms with E-state index in [1.807, 2.05) is 0 Å². The molecule has 0 spiro atoms. The second kappa shape index (κ2) is 7.09. The number of amides is 1. The molecule has 7 heteroatoms. The van der Waals surface area contributed by atoms with Gasteiger partial charge in [0.2, 0.25) is 0 Å². The number of carbonyl (C=O) groups excluding carboxylic acids is 1. The van der Waals surface area contributed by atoms with Gasteiger partial charge >= 0.3 is 0 Å². The molecule has 0 aliphatic carbocycles. The van der Waals surface area contributed by atoms with Crippen molar-refractivity contribution in [3.63, 3.8) is 0 Å². The lowest BCUT2D eigenvalue weighted by Gasteiger charge is -2.12. The van der Waals surface area contributed by atoms with E-state index in [1.165, 1.54) is 18.2 Å². The molecule has 1 aromatic heterocycles. The highest BCUT2D eigenvalue weighted by Gasteiger charge is 2.18. The number of benzene rings is 1. The third-order valence-corrected chi connectivity index (χ3v) is 3.36. The van der Waals surface area contributed by atoms with Crippen LogP contribution < -0.4 is 5.32 Å². The first kappa shape index (κ1) is 16.0. The summed E-state index contributed by atoms with van der Waals surface area (Å²) >= 11 is 17.3. The molecule has 1 heterocycles. The number of carbonyl (C=O) groups is 1. The van der Waals surface area contributed by atoms with Crippen molar-refractivity contribution < 1.29 is 9.90 Å². The third-order valence-electron chi connectivity index (χ3n) is 2.70. The zero-order valence-electron chi connectivity index (χ0n) is 10.7. The summed E-state index contributed by atoms with van der Waals surface area (Å²) in [7, 11) is 0. The highest BCUT2D eigenvalue weighted by atomic mass is 35.5. The Bertz CT molecular complexity index is 627. The second-order valence-electron chi connectivity index (χ2n) is 4.31. The van der Waals surface area contributed by atoms with Crippen LogP contribution in [0.25, 0.3) is 0 Å². The van der Waals surface area contributed by atoms with Gasteiger partial charge in [-0.25, -0.2) is 4.98 Å². The Morgan fingerprint density at radius 3 is 2.43 bits per heavy atom. The fourth-order valence-corrected chi connectivity index (χ4v) is 2.34. The zero-order chi connectivity index (χ0) is 15.4. The smallest absolute Gasteiger partial charge is 0.253 e. The normalized spacial score (nSPS) is 12.0. The first-order chi connectivity index (χ1) is 9.95. The molecule has 2 N–H and O–H groups in total. The van der Waals surface area contributed by atoms with E-state index in [2.05, 4.69) is 10.3 Å². The monoisotopic (exact) mass is 344 g/mol. The molecule has 2 aromatic rings. The molecule has 0 radical (unpaired) electrons. The van der Waals surface area contributed by atoms with Gasteiger partial charge in [0.05, 0.1) is 0 Å². The van der Waals surface area contributed by atoms with Crippen molar-refractivity contribution in [2.75, 3.05) is 0 Å². The van der Waals surface area contributed by atoms with Crippen molar-refractivity contribution in [2.24, 2.45) is 0 Å². The average Bonchev–Trinajstić information content (AvgIpc) is 2.44. The Labute approximate surface area is 136 Å². The van der Waals surface area contributed by atoms with E-state index >= 15 is 0 Å². The van der Waals surface area contributed by atoms with Crippen LogP contribution >= 0.6 is 34.8 Å². The van der Waals surface area contributed by atoms with Crippen molar-refractivity contribution >= 4 is 40.7 Å². The number of aromatic nitrogens is 1. The van der Waals surface area contributed by atoms with Crippen molar-refractivity contribution in [1.82, 2.24) is 10.3 Å². The van der Waals surface area contributed by atoms with Crippen molar-refractivity contribution in [3.05, 3.63) is 62.9 Å². The summed E-state index contributed by atoms with van der Waals surface area (Å²) < 4.78 is 0. The van der Waals surface area contributed by atoms with Gasteiger partial charge in [0.1, 0.15) is 5.15 Å². The van der Waals surface area contributed by atoms with E-state index in [9.17, 15) is 9.90 Å². The molecule has 21 heavy (non-hydrogen) atoms. The maximum atomic E-state index is 11.9. The second-order valence-corrected chi connectivity index (χ2v) is 5.57. The summed E-state index contributed by atoms with van der Waals surface area (Å²) in [5.74, 6) is -0.553. The van der Waals surface area contributed by atoms with E-state index in [1.54, 1.807) is 18.3 Å². The molecular weight excluding hydrogens is 335 g/mol. The SMILES string of the molecule is O=C(NCc1ccc(Cl)nc1)C(O)c1cc(Cl)cc(Cl)c1. The summed E-state index contributed by atoms with van der Waals surface area (Å²) in [4.78, 5) is 15.8. The molecule has 0 saturated heterocycles. The molecule has 0 bridgehead atoms. The van der Waals surface area contributed by atoms with Gasteiger partial charge in [0.25, 0.3) is 5.91 Å². The van der Waals surface area contributed by atoms with Gasteiger partial charge < -0.3 is 10.4 Å². The van der Waals surface area contributed by atoms with Crippen LogP contribution in [0.4, 0.5) is 0 Å². The van der Waals surface area contributed by atoms with Gasteiger partial charge in [-0.15, -0.1) is 0 Å². The lowest BCUT2D eigenvalue weighted by atomic mass is 10.1. The van der Waals surface area contributed by atoms with Crippen LogP contribution in [-0.4, -0.2) is 16.0 Å². The minimum absolute atomic E-state index is 0.231. The number of aliphatic hydroxyl groups excluding tert-OH is 1. The highest BCUT2D eigenvalue weighted by Crippen LogP contribution is 2.23. The summed E-state index contributed by atoms with van der Waals surface area (Å²) in [5, 5.41) is 13.7. The van der Waals surface area contributed by atoms with Crippen LogP contribution in [-0.2, 0) is 11.3 Å². The molecule has 1 unspecified atom stereocenters. The molecule has 2 rings (SSSR count). The maximum absolute atomic E-state index is 11.9. The Morgan fingerprint density at radius 1 is 1.19 bits per heavy atom. The minimum atomic E-state index is -1.35. The quantitative estimate of drug-likeness (QED) is 0.835. The van der Waals surface area contributed by atoms with Crippen LogP contribution in [0.15, 0.2) is 36.5 Å². The number of nitrogens with one attached hydrogen (secondary N) is 1. The molecule has 110 valence electrons. The number of aliphatic hydroxyl groups is 1. The van der Waals surface area contributed by atoms with Crippen LogP contribution in [0.2, 0.25) is 15.2 Å². The van der Waals surface area contributed by atoms with E-state index in [0.717, 1.165) is 5.56 Å². The number of hydrogen-bond acceptors (Lipinski definition) is 3. The fourth-order valence-electron chi connectivity index (χ4n) is 1.68. The van der Waals surface area contributed by atoms with Crippen molar-refractivity contribution in [1.29, 1.82) is 0 Å². The molecule has 0 fully saturated rings. The van der Waals surface area contributed by atoms with Gasteiger partial charge in [-0.1, -0.05) is 40.9 Å². The Hall–Kier alpha value is -1.33. The lowest BCUT2D eigenvalue weighted by molar-refractivity contribution is -0.129. The first-order valence-corrected chi connectivity index (χ1v) is 7.11. The number of halogens is 3. The first-order valence-electron chi connectivity index (χ1n) is 5.98. The zero-order valence-corrected chi connectivity index (χ0v) is 13.0. The highest BCUT2D eigenvalue weighted by molar-refractivity contribution is 6.34. The number of pyridine rings is 1. The maximum Gasteiger partial charge on any atom is 0.253 e. The van der Waals surface area contributed by atoms with Gasteiger partial charge in [-0.05, 0) is 35.4 Å². The number of nitrogens with zero attached hydrogens (tertiary/aromatic N) is 1. The molecule has 4 nitrogen and oxygen atoms in total. The predicted octanol–water partition coefficient (Wildman–Crippen LogP) is 3.39. The largest absolute Gasteiger partial charge is 0.378 e. The van der Waals surface area contributed by atoms with E-state index in [-0.39, 0.29) is 6.54 Å². The molecule has 1 amide bonds.